The van der Waals surface area contributed by atoms with Crippen LogP contribution in [0.4, 0.5) is 5.69 Å². The number of carboxylic acid groups (broad SMARTS) is 1. The highest BCUT2D eigenvalue weighted by Gasteiger charge is 2.25. The number of aromatic carboxylic acids is 1. The highest BCUT2D eigenvalue weighted by molar-refractivity contribution is 9.10. The predicted octanol–water partition coefficient (Wildman–Crippen LogP) is 3.77. The summed E-state index contributed by atoms with van der Waals surface area (Å²) in [5.41, 5.74) is 1.24. The molecule has 0 saturated carbocycles. The average Bonchev–Trinajstić information content (AvgIpc) is 2.77. The Morgan fingerprint density at radius 1 is 1.56 bits per heavy atom. The number of nitrogens with zero attached hydrogens (tertiary/aromatic N) is 1. The molecule has 0 radical (unpaired) electrons. The predicted molar refractivity (Wildman–Crippen MR) is 76.3 cm³/mol. The van der Waals surface area contributed by atoms with Crippen LogP contribution in [0.2, 0.25) is 0 Å². The number of carboxylic acids is 1. The lowest BCUT2D eigenvalue weighted by molar-refractivity contribution is 0.0697. The molecular weight excluding hydrogens is 294 g/mol. The lowest BCUT2D eigenvalue weighted by Gasteiger charge is -2.21. The minimum atomic E-state index is -0.851. The second kappa shape index (κ2) is 5.74. The van der Waals surface area contributed by atoms with Crippen LogP contribution in [-0.4, -0.2) is 24.2 Å². The van der Waals surface area contributed by atoms with E-state index in [9.17, 15) is 9.90 Å². The Balaban J connectivity index is 2.23. The molecule has 18 heavy (non-hydrogen) atoms. The minimum absolute atomic E-state index is 0.398. The van der Waals surface area contributed by atoms with E-state index < -0.39 is 5.97 Å². The average molecular weight is 312 g/mol. The second-order valence-corrected chi connectivity index (χ2v) is 5.77. The Morgan fingerprint density at radius 2 is 2.33 bits per heavy atom. The lowest BCUT2D eigenvalue weighted by atomic mass is 10.0. The summed E-state index contributed by atoms with van der Waals surface area (Å²) in [7, 11) is 0. The summed E-state index contributed by atoms with van der Waals surface area (Å²) in [6.45, 7) is 4.14. The lowest BCUT2D eigenvalue weighted by Crippen LogP contribution is -2.22. The van der Waals surface area contributed by atoms with Crippen molar-refractivity contribution < 1.29 is 9.90 Å². The number of anilines is 1. The smallest absolute Gasteiger partial charge is 0.337 e. The Morgan fingerprint density at radius 3 is 3.00 bits per heavy atom. The van der Waals surface area contributed by atoms with Gasteiger partial charge in [0.05, 0.1) is 11.3 Å². The van der Waals surface area contributed by atoms with Crippen molar-refractivity contribution in [2.75, 3.05) is 18.0 Å². The summed E-state index contributed by atoms with van der Waals surface area (Å²) in [5.74, 6) is -0.146. The van der Waals surface area contributed by atoms with Crippen molar-refractivity contribution in [3.8, 4) is 0 Å². The molecule has 1 N–H and O–H groups in total. The van der Waals surface area contributed by atoms with Gasteiger partial charge < -0.3 is 10.0 Å². The third-order valence-corrected chi connectivity index (χ3v) is 4.01. The van der Waals surface area contributed by atoms with Crippen LogP contribution >= 0.6 is 15.9 Å². The molecule has 1 heterocycles. The first-order chi connectivity index (χ1) is 8.61. The van der Waals surface area contributed by atoms with Gasteiger partial charge in [-0.25, -0.2) is 4.79 Å². The van der Waals surface area contributed by atoms with Crippen LogP contribution < -0.4 is 4.90 Å². The molecule has 0 aromatic heterocycles. The van der Waals surface area contributed by atoms with Crippen molar-refractivity contribution in [2.24, 2.45) is 5.92 Å². The van der Waals surface area contributed by atoms with Gasteiger partial charge in [-0.1, -0.05) is 29.3 Å². The van der Waals surface area contributed by atoms with Gasteiger partial charge in [0.25, 0.3) is 0 Å². The standard InChI is InChI=1S/C14H18BrNO2/c1-2-3-10-6-7-16(9-10)13-8-11(15)4-5-12(13)14(17)18/h4-5,8,10H,2-3,6-7,9H2,1H3,(H,17,18). The van der Waals surface area contributed by atoms with Crippen LogP contribution in [0.5, 0.6) is 0 Å². The molecule has 1 aliphatic heterocycles. The number of benzene rings is 1. The van der Waals surface area contributed by atoms with Crippen LogP contribution in [0, 0.1) is 5.92 Å². The van der Waals surface area contributed by atoms with Gasteiger partial charge in [-0.2, -0.15) is 0 Å². The van der Waals surface area contributed by atoms with E-state index in [0.29, 0.717) is 11.5 Å². The third-order valence-electron chi connectivity index (χ3n) is 3.51. The molecule has 0 aliphatic carbocycles. The monoisotopic (exact) mass is 311 g/mol. The largest absolute Gasteiger partial charge is 0.478 e. The molecule has 4 heteroatoms. The van der Waals surface area contributed by atoms with Crippen molar-refractivity contribution in [3.63, 3.8) is 0 Å². The zero-order valence-corrected chi connectivity index (χ0v) is 12.1. The van der Waals surface area contributed by atoms with E-state index in [1.54, 1.807) is 12.1 Å². The molecule has 1 fully saturated rings. The molecule has 1 aromatic rings. The van der Waals surface area contributed by atoms with Crippen molar-refractivity contribution in [2.45, 2.75) is 26.2 Å². The number of hydrogen-bond acceptors (Lipinski definition) is 2. The molecule has 1 unspecified atom stereocenters. The van der Waals surface area contributed by atoms with Crippen LogP contribution in [0.25, 0.3) is 0 Å². The van der Waals surface area contributed by atoms with E-state index in [1.165, 1.54) is 19.3 Å². The first kappa shape index (κ1) is 13.4. The molecule has 0 spiro atoms. The molecule has 3 nitrogen and oxygen atoms in total. The quantitative estimate of drug-likeness (QED) is 0.920. The van der Waals surface area contributed by atoms with Crippen molar-refractivity contribution in [3.05, 3.63) is 28.2 Å². The molecule has 1 aromatic carbocycles. The first-order valence-corrected chi connectivity index (χ1v) is 7.19. The molecule has 0 bridgehead atoms. The SMILES string of the molecule is CCCC1CCN(c2cc(Br)ccc2C(=O)O)C1. The van der Waals surface area contributed by atoms with Gasteiger partial charge in [-0.15, -0.1) is 0 Å². The number of hydrogen-bond donors (Lipinski definition) is 1. The summed E-state index contributed by atoms with van der Waals surface area (Å²) < 4.78 is 0.932. The Hall–Kier alpha value is -1.03. The molecule has 1 saturated heterocycles. The van der Waals surface area contributed by atoms with E-state index >= 15 is 0 Å². The fourth-order valence-corrected chi connectivity index (χ4v) is 2.99. The Bertz CT molecular complexity index is 447. The van der Waals surface area contributed by atoms with Crippen molar-refractivity contribution in [1.82, 2.24) is 0 Å². The van der Waals surface area contributed by atoms with Gasteiger partial charge >= 0.3 is 5.97 Å². The van der Waals surface area contributed by atoms with E-state index in [4.69, 9.17) is 0 Å². The maximum Gasteiger partial charge on any atom is 0.337 e. The summed E-state index contributed by atoms with van der Waals surface area (Å²) in [6.07, 6.45) is 3.59. The topological polar surface area (TPSA) is 40.5 Å². The van der Waals surface area contributed by atoms with Gasteiger partial charge in [0.2, 0.25) is 0 Å². The van der Waals surface area contributed by atoms with E-state index in [0.717, 1.165) is 23.2 Å². The molecule has 0 amide bonds. The van der Waals surface area contributed by atoms with E-state index in [-0.39, 0.29) is 0 Å². The zero-order chi connectivity index (χ0) is 13.1. The van der Waals surface area contributed by atoms with Crippen molar-refractivity contribution in [1.29, 1.82) is 0 Å². The van der Waals surface area contributed by atoms with Gasteiger partial charge in [-0.3, -0.25) is 0 Å². The normalized spacial score (nSPS) is 19.2. The van der Waals surface area contributed by atoms with Crippen LogP contribution in [0.15, 0.2) is 22.7 Å². The van der Waals surface area contributed by atoms with Gasteiger partial charge in [0.1, 0.15) is 0 Å². The minimum Gasteiger partial charge on any atom is -0.478 e. The summed E-state index contributed by atoms with van der Waals surface area (Å²) >= 11 is 3.42. The van der Waals surface area contributed by atoms with Crippen LogP contribution in [-0.2, 0) is 0 Å². The van der Waals surface area contributed by atoms with Gasteiger partial charge in [0, 0.05) is 17.6 Å². The maximum absolute atomic E-state index is 11.3. The zero-order valence-electron chi connectivity index (χ0n) is 10.5. The molecular formula is C14H18BrNO2. The molecule has 98 valence electrons. The highest BCUT2D eigenvalue weighted by Crippen LogP contribution is 2.31. The summed E-state index contributed by atoms with van der Waals surface area (Å²) in [4.78, 5) is 13.5. The highest BCUT2D eigenvalue weighted by atomic mass is 79.9. The van der Waals surface area contributed by atoms with Crippen LogP contribution in [0.1, 0.15) is 36.5 Å². The Labute approximate surface area is 116 Å². The van der Waals surface area contributed by atoms with Crippen LogP contribution in [0.3, 0.4) is 0 Å². The maximum atomic E-state index is 11.3. The first-order valence-electron chi connectivity index (χ1n) is 6.39. The van der Waals surface area contributed by atoms with E-state index in [2.05, 4.69) is 27.8 Å². The number of rotatable bonds is 4. The van der Waals surface area contributed by atoms with Gasteiger partial charge in [-0.05, 0) is 37.0 Å². The fraction of sp³-hybridized carbons (Fsp3) is 0.500. The molecule has 2 rings (SSSR count). The fourth-order valence-electron chi connectivity index (χ4n) is 2.64. The molecule has 1 aliphatic rings. The third kappa shape index (κ3) is 2.86. The Kier molecular flexibility index (Phi) is 4.27. The second-order valence-electron chi connectivity index (χ2n) is 4.86. The number of carbonyl (C=O) groups is 1. The van der Waals surface area contributed by atoms with Gasteiger partial charge in [0.15, 0.2) is 0 Å². The van der Waals surface area contributed by atoms with E-state index in [1.807, 2.05) is 6.07 Å². The van der Waals surface area contributed by atoms with Crippen molar-refractivity contribution >= 4 is 27.6 Å². The molecule has 1 atom stereocenters. The summed E-state index contributed by atoms with van der Waals surface area (Å²) in [6, 6.07) is 5.37. The number of halogens is 1. The summed E-state index contributed by atoms with van der Waals surface area (Å²) in [5, 5.41) is 9.24.